The summed E-state index contributed by atoms with van der Waals surface area (Å²) in [6.45, 7) is 6.99. The van der Waals surface area contributed by atoms with Crippen molar-refractivity contribution < 1.29 is 4.74 Å². The summed E-state index contributed by atoms with van der Waals surface area (Å²) in [5.74, 6) is 1.58. The average molecular weight is 257 g/mol. The Bertz CT molecular complexity index is 582. The van der Waals surface area contributed by atoms with Crippen LogP contribution in [0.3, 0.4) is 0 Å². The van der Waals surface area contributed by atoms with E-state index in [-0.39, 0.29) is 0 Å². The van der Waals surface area contributed by atoms with Crippen LogP contribution in [0.1, 0.15) is 24.0 Å². The molecule has 0 spiro atoms. The molecule has 1 aromatic heterocycles. The number of nitrogens with two attached hydrogens (primary N) is 1. The Balaban J connectivity index is 2.41. The average Bonchev–Trinajstić information content (AvgIpc) is 2.40. The van der Waals surface area contributed by atoms with Crippen LogP contribution in [0.15, 0.2) is 24.3 Å². The van der Waals surface area contributed by atoms with Gasteiger partial charge < -0.3 is 10.5 Å². The fraction of sp³-hybridized carbons (Fsp3) is 0.333. The predicted molar refractivity (Wildman–Crippen MR) is 76.0 cm³/mol. The highest BCUT2D eigenvalue weighted by Gasteiger charge is 2.06. The lowest BCUT2D eigenvalue weighted by molar-refractivity contribution is 0.338. The van der Waals surface area contributed by atoms with Gasteiger partial charge in [-0.3, -0.25) is 0 Å². The molecule has 0 aliphatic carbocycles. The highest BCUT2D eigenvalue weighted by Crippen LogP contribution is 2.25. The number of benzene rings is 1. The summed E-state index contributed by atoms with van der Waals surface area (Å²) in [5, 5.41) is 0. The Morgan fingerprint density at radius 2 is 1.95 bits per heavy atom. The zero-order chi connectivity index (χ0) is 13.8. The summed E-state index contributed by atoms with van der Waals surface area (Å²) < 4.78 is 5.54. The van der Waals surface area contributed by atoms with Gasteiger partial charge in [0.15, 0.2) is 0 Å². The lowest BCUT2D eigenvalue weighted by atomic mass is 10.1. The molecule has 1 heterocycles. The van der Waals surface area contributed by atoms with E-state index in [0.29, 0.717) is 19.0 Å². The third-order valence-electron chi connectivity index (χ3n) is 2.85. The van der Waals surface area contributed by atoms with E-state index in [1.165, 1.54) is 0 Å². The summed E-state index contributed by atoms with van der Waals surface area (Å²) in [7, 11) is 0. The number of hydrogen-bond acceptors (Lipinski definition) is 4. The van der Waals surface area contributed by atoms with Gasteiger partial charge >= 0.3 is 0 Å². The third kappa shape index (κ3) is 3.09. The lowest BCUT2D eigenvalue weighted by Crippen LogP contribution is -2.05. The normalized spacial score (nSPS) is 10.5. The molecule has 0 saturated carbocycles. The van der Waals surface area contributed by atoms with Gasteiger partial charge in [0, 0.05) is 11.3 Å². The maximum absolute atomic E-state index is 5.61. The summed E-state index contributed by atoms with van der Waals surface area (Å²) in [5.41, 5.74) is 9.60. The first-order valence-electron chi connectivity index (χ1n) is 6.42. The Morgan fingerprint density at radius 3 is 2.58 bits per heavy atom. The van der Waals surface area contributed by atoms with Crippen LogP contribution in [0.2, 0.25) is 0 Å². The molecule has 4 nitrogen and oxygen atoms in total. The fourth-order valence-electron chi connectivity index (χ4n) is 2.00. The molecular weight excluding hydrogens is 238 g/mol. The van der Waals surface area contributed by atoms with Gasteiger partial charge in [-0.25, -0.2) is 9.97 Å². The van der Waals surface area contributed by atoms with E-state index in [0.717, 1.165) is 28.3 Å². The van der Waals surface area contributed by atoms with E-state index in [4.69, 9.17) is 10.5 Å². The van der Waals surface area contributed by atoms with E-state index >= 15 is 0 Å². The lowest BCUT2D eigenvalue weighted by Gasteiger charge is -2.10. The molecule has 2 N–H and O–H groups in total. The zero-order valence-electron chi connectivity index (χ0n) is 11.6. The van der Waals surface area contributed by atoms with E-state index < -0.39 is 0 Å². The number of nitrogens with zero attached hydrogens (tertiary/aromatic N) is 2. The van der Waals surface area contributed by atoms with Crippen LogP contribution in [0.4, 0.5) is 0 Å². The van der Waals surface area contributed by atoms with E-state index in [1.54, 1.807) is 0 Å². The van der Waals surface area contributed by atoms with Gasteiger partial charge in [-0.15, -0.1) is 0 Å². The number of hydrogen-bond donors (Lipinski definition) is 1. The van der Waals surface area contributed by atoms with Gasteiger partial charge in [0.05, 0.1) is 18.8 Å². The number of aryl methyl sites for hydroxylation is 2. The van der Waals surface area contributed by atoms with E-state index in [2.05, 4.69) is 16.0 Å². The topological polar surface area (TPSA) is 61.0 Å². The van der Waals surface area contributed by atoms with Crippen molar-refractivity contribution in [3.8, 4) is 17.0 Å². The monoisotopic (exact) mass is 257 g/mol. The zero-order valence-corrected chi connectivity index (χ0v) is 11.6. The van der Waals surface area contributed by atoms with Crippen LogP contribution >= 0.6 is 0 Å². The van der Waals surface area contributed by atoms with Crippen LogP contribution in [0.5, 0.6) is 5.75 Å². The fourth-order valence-corrected chi connectivity index (χ4v) is 2.00. The SMILES string of the molecule is CCOc1ccc(-c2cc(C)nc(CN)n2)cc1C. The predicted octanol–water partition coefficient (Wildman–Crippen LogP) is 2.62. The summed E-state index contributed by atoms with van der Waals surface area (Å²) in [6.07, 6.45) is 0. The molecule has 0 fully saturated rings. The molecule has 0 aliphatic heterocycles. The van der Waals surface area contributed by atoms with Crippen molar-refractivity contribution in [3.63, 3.8) is 0 Å². The molecule has 4 heteroatoms. The second-order valence-electron chi connectivity index (χ2n) is 4.43. The minimum Gasteiger partial charge on any atom is -0.494 e. The molecular formula is C15H19N3O. The number of aromatic nitrogens is 2. The van der Waals surface area contributed by atoms with Gasteiger partial charge in [-0.1, -0.05) is 0 Å². The molecule has 0 radical (unpaired) electrons. The maximum Gasteiger partial charge on any atom is 0.142 e. The summed E-state index contributed by atoms with van der Waals surface area (Å²) in [6, 6.07) is 8.04. The second-order valence-corrected chi connectivity index (χ2v) is 4.43. The molecule has 0 unspecified atom stereocenters. The van der Waals surface area contributed by atoms with E-state index in [9.17, 15) is 0 Å². The standard InChI is InChI=1S/C15H19N3O/c1-4-19-14-6-5-12(7-10(14)2)13-8-11(3)17-15(9-16)18-13/h5-8H,4,9,16H2,1-3H3. The first kappa shape index (κ1) is 13.5. The molecule has 2 aromatic rings. The molecule has 0 aliphatic rings. The van der Waals surface area contributed by atoms with Crippen molar-refractivity contribution in [2.45, 2.75) is 27.3 Å². The quantitative estimate of drug-likeness (QED) is 0.914. The van der Waals surface area contributed by atoms with Crippen molar-refractivity contribution in [1.29, 1.82) is 0 Å². The van der Waals surface area contributed by atoms with Gasteiger partial charge in [0.2, 0.25) is 0 Å². The highest BCUT2D eigenvalue weighted by molar-refractivity contribution is 5.62. The van der Waals surface area contributed by atoms with E-state index in [1.807, 2.05) is 39.0 Å². The van der Waals surface area contributed by atoms with Crippen LogP contribution in [-0.4, -0.2) is 16.6 Å². The highest BCUT2D eigenvalue weighted by atomic mass is 16.5. The first-order chi connectivity index (χ1) is 9.13. The van der Waals surface area contributed by atoms with Crippen LogP contribution < -0.4 is 10.5 Å². The second kappa shape index (κ2) is 5.80. The van der Waals surface area contributed by atoms with Crippen LogP contribution in [0, 0.1) is 13.8 Å². The van der Waals surface area contributed by atoms with Crippen molar-refractivity contribution in [2.24, 2.45) is 5.73 Å². The maximum atomic E-state index is 5.61. The molecule has 100 valence electrons. The van der Waals surface area contributed by atoms with Gasteiger partial charge in [0.25, 0.3) is 0 Å². The van der Waals surface area contributed by atoms with Crippen molar-refractivity contribution >= 4 is 0 Å². The third-order valence-corrected chi connectivity index (χ3v) is 2.85. The number of rotatable bonds is 4. The molecule has 1 aromatic carbocycles. The smallest absolute Gasteiger partial charge is 0.142 e. The Hall–Kier alpha value is -1.94. The van der Waals surface area contributed by atoms with Crippen molar-refractivity contribution in [3.05, 3.63) is 41.3 Å². The minimum atomic E-state index is 0.352. The molecule has 0 atom stereocenters. The first-order valence-corrected chi connectivity index (χ1v) is 6.42. The van der Waals surface area contributed by atoms with Crippen LogP contribution in [-0.2, 0) is 6.54 Å². The van der Waals surface area contributed by atoms with Gasteiger partial charge in [-0.05, 0) is 50.6 Å². The summed E-state index contributed by atoms with van der Waals surface area (Å²) >= 11 is 0. The van der Waals surface area contributed by atoms with Crippen molar-refractivity contribution in [1.82, 2.24) is 9.97 Å². The van der Waals surface area contributed by atoms with Crippen LogP contribution in [0.25, 0.3) is 11.3 Å². The van der Waals surface area contributed by atoms with Crippen molar-refractivity contribution in [2.75, 3.05) is 6.61 Å². The Morgan fingerprint density at radius 1 is 1.16 bits per heavy atom. The molecule has 2 rings (SSSR count). The Labute approximate surface area is 113 Å². The summed E-state index contributed by atoms with van der Waals surface area (Å²) in [4.78, 5) is 8.75. The largest absolute Gasteiger partial charge is 0.494 e. The molecule has 0 amide bonds. The van der Waals surface area contributed by atoms with Gasteiger partial charge in [-0.2, -0.15) is 0 Å². The molecule has 0 bridgehead atoms. The molecule has 19 heavy (non-hydrogen) atoms. The number of ether oxygens (including phenoxy) is 1. The molecule has 0 saturated heterocycles. The van der Waals surface area contributed by atoms with Gasteiger partial charge in [0.1, 0.15) is 11.6 Å². The minimum absolute atomic E-state index is 0.352. The Kier molecular flexibility index (Phi) is 4.12.